The number of nitrogens with zero attached hydrogens (tertiary/aromatic N) is 1. The summed E-state index contributed by atoms with van der Waals surface area (Å²) in [6.07, 6.45) is 5.87. The van der Waals surface area contributed by atoms with Gasteiger partial charge in [-0.2, -0.15) is 0 Å². The molecule has 0 aliphatic carbocycles. The number of hydrogen-bond acceptors (Lipinski definition) is 1. The number of para-hydroxylation sites is 1. The highest BCUT2D eigenvalue weighted by atomic mass is 16.1. The van der Waals surface area contributed by atoms with Crippen molar-refractivity contribution in [2.24, 2.45) is 0 Å². The van der Waals surface area contributed by atoms with Gasteiger partial charge in [-0.3, -0.25) is 4.79 Å². The smallest absolute Gasteiger partial charge is 0.251 e. The Kier molecular flexibility index (Phi) is 3.63. The van der Waals surface area contributed by atoms with Gasteiger partial charge in [-0.15, -0.1) is 0 Å². The molecule has 4 heteroatoms. The van der Waals surface area contributed by atoms with Crippen molar-refractivity contribution in [2.45, 2.75) is 6.54 Å². The molecule has 0 spiro atoms. The van der Waals surface area contributed by atoms with E-state index in [0.717, 1.165) is 22.2 Å². The molecule has 2 aromatic carbocycles. The molecular formula is C20H17N3O. The average molecular weight is 315 g/mol. The number of H-pyrrole nitrogens is 1. The maximum atomic E-state index is 12.5. The standard InChI is InChI=1S/C20H17N3O/c24-20(15-6-5-7-17(12-15)23-10-3-4-11-23)22-14-16-13-21-19-9-2-1-8-18(16)19/h1-13,21H,14H2,(H,22,24). The second-order valence-electron chi connectivity index (χ2n) is 5.68. The molecule has 4 aromatic rings. The molecule has 0 unspecified atom stereocenters. The summed E-state index contributed by atoms with van der Waals surface area (Å²) in [6.45, 7) is 0.497. The summed E-state index contributed by atoms with van der Waals surface area (Å²) in [7, 11) is 0. The van der Waals surface area contributed by atoms with E-state index >= 15 is 0 Å². The third-order valence-corrected chi connectivity index (χ3v) is 4.13. The Morgan fingerprint density at radius 3 is 2.71 bits per heavy atom. The number of nitrogens with one attached hydrogen (secondary N) is 2. The Morgan fingerprint density at radius 2 is 1.83 bits per heavy atom. The monoisotopic (exact) mass is 315 g/mol. The normalized spacial score (nSPS) is 10.8. The number of fused-ring (bicyclic) bond motifs is 1. The molecule has 0 aliphatic heterocycles. The highest BCUT2D eigenvalue weighted by Gasteiger charge is 2.08. The first-order valence-corrected chi connectivity index (χ1v) is 7.88. The molecule has 0 fully saturated rings. The van der Waals surface area contributed by atoms with Gasteiger partial charge in [-0.25, -0.2) is 0 Å². The van der Waals surface area contributed by atoms with Crippen molar-refractivity contribution < 1.29 is 4.79 Å². The maximum Gasteiger partial charge on any atom is 0.251 e. The molecule has 0 saturated heterocycles. The summed E-state index contributed by atoms with van der Waals surface area (Å²) in [6, 6.07) is 19.6. The molecule has 0 aliphatic rings. The summed E-state index contributed by atoms with van der Waals surface area (Å²) < 4.78 is 1.98. The van der Waals surface area contributed by atoms with Gasteiger partial charge in [0.2, 0.25) is 0 Å². The fourth-order valence-corrected chi connectivity index (χ4v) is 2.87. The fourth-order valence-electron chi connectivity index (χ4n) is 2.87. The van der Waals surface area contributed by atoms with Crippen LogP contribution in [0.1, 0.15) is 15.9 Å². The highest BCUT2D eigenvalue weighted by molar-refractivity contribution is 5.95. The molecule has 4 nitrogen and oxygen atoms in total. The van der Waals surface area contributed by atoms with Crippen molar-refractivity contribution in [3.05, 3.63) is 90.4 Å². The lowest BCUT2D eigenvalue weighted by atomic mass is 10.1. The van der Waals surface area contributed by atoms with E-state index in [9.17, 15) is 4.79 Å². The zero-order valence-electron chi connectivity index (χ0n) is 13.1. The van der Waals surface area contributed by atoms with E-state index in [2.05, 4.69) is 16.4 Å². The number of benzene rings is 2. The van der Waals surface area contributed by atoms with Crippen molar-refractivity contribution in [1.82, 2.24) is 14.9 Å². The van der Waals surface area contributed by atoms with Gasteiger partial charge in [-0.05, 0) is 42.0 Å². The van der Waals surface area contributed by atoms with Crippen LogP contribution in [0.15, 0.2) is 79.3 Å². The van der Waals surface area contributed by atoms with Crippen LogP contribution < -0.4 is 5.32 Å². The Morgan fingerprint density at radius 1 is 1.00 bits per heavy atom. The molecule has 24 heavy (non-hydrogen) atoms. The van der Waals surface area contributed by atoms with Crippen LogP contribution in [0.25, 0.3) is 16.6 Å². The SMILES string of the molecule is O=C(NCc1c[nH]c2ccccc12)c1cccc(-n2cccc2)c1. The minimum absolute atomic E-state index is 0.0747. The number of hydrogen-bond donors (Lipinski definition) is 2. The van der Waals surface area contributed by atoms with Gasteiger partial charge in [-0.1, -0.05) is 24.3 Å². The second-order valence-corrected chi connectivity index (χ2v) is 5.68. The Balaban J connectivity index is 1.51. The minimum atomic E-state index is -0.0747. The lowest BCUT2D eigenvalue weighted by Crippen LogP contribution is -2.22. The summed E-state index contributed by atoms with van der Waals surface area (Å²) in [5.41, 5.74) is 3.79. The molecule has 0 radical (unpaired) electrons. The van der Waals surface area contributed by atoms with E-state index in [4.69, 9.17) is 0 Å². The van der Waals surface area contributed by atoms with E-state index in [-0.39, 0.29) is 5.91 Å². The maximum absolute atomic E-state index is 12.5. The van der Waals surface area contributed by atoms with Crippen molar-refractivity contribution in [2.75, 3.05) is 0 Å². The third kappa shape index (κ3) is 2.70. The Labute approximate surface area is 139 Å². The van der Waals surface area contributed by atoms with Crippen molar-refractivity contribution in [3.63, 3.8) is 0 Å². The van der Waals surface area contributed by atoms with Gasteiger partial charge in [0.1, 0.15) is 0 Å². The molecule has 2 N–H and O–H groups in total. The Hall–Kier alpha value is -3.27. The van der Waals surface area contributed by atoms with Gasteiger partial charge < -0.3 is 14.9 Å². The van der Waals surface area contributed by atoms with Gasteiger partial charge in [0, 0.05) is 47.3 Å². The van der Waals surface area contributed by atoms with Crippen LogP contribution in [0.4, 0.5) is 0 Å². The number of amides is 1. The van der Waals surface area contributed by atoms with Crippen LogP contribution in [0.2, 0.25) is 0 Å². The van der Waals surface area contributed by atoms with Gasteiger partial charge >= 0.3 is 0 Å². The number of carbonyl (C=O) groups excluding carboxylic acids is 1. The van der Waals surface area contributed by atoms with Gasteiger partial charge in [0.15, 0.2) is 0 Å². The summed E-state index contributed by atoms with van der Waals surface area (Å²) in [5, 5.41) is 4.14. The van der Waals surface area contributed by atoms with E-state index in [1.807, 2.05) is 77.8 Å². The zero-order chi connectivity index (χ0) is 16.4. The van der Waals surface area contributed by atoms with Crippen molar-refractivity contribution >= 4 is 16.8 Å². The molecule has 1 amide bonds. The number of rotatable bonds is 4. The molecule has 2 heterocycles. The minimum Gasteiger partial charge on any atom is -0.361 e. The summed E-state index contributed by atoms with van der Waals surface area (Å²) in [4.78, 5) is 15.7. The molecule has 0 bridgehead atoms. The second kappa shape index (κ2) is 6.08. The quantitative estimate of drug-likeness (QED) is 0.590. The van der Waals surface area contributed by atoms with E-state index < -0.39 is 0 Å². The zero-order valence-corrected chi connectivity index (χ0v) is 13.1. The molecule has 0 atom stereocenters. The molecule has 118 valence electrons. The molecular weight excluding hydrogens is 298 g/mol. The lowest BCUT2D eigenvalue weighted by molar-refractivity contribution is 0.0951. The van der Waals surface area contributed by atoms with Crippen molar-refractivity contribution in [3.8, 4) is 5.69 Å². The summed E-state index contributed by atoms with van der Waals surface area (Å²) in [5.74, 6) is -0.0747. The third-order valence-electron chi connectivity index (χ3n) is 4.13. The predicted molar refractivity (Wildman–Crippen MR) is 95.2 cm³/mol. The molecule has 0 saturated carbocycles. The fraction of sp³-hybridized carbons (Fsp3) is 0.0500. The summed E-state index contributed by atoms with van der Waals surface area (Å²) >= 11 is 0. The van der Waals surface area contributed by atoms with Gasteiger partial charge in [0.05, 0.1) is 0 Å². The number of carbonyl (C=O) groups is 1. The first-order valence-electron chi connectivity index (χ1n) is 7.88. The first-order chi connectivity index (χ1) is 11.8. The van der Waals surface area contributed by atoms with Crippen LogP contribution in [0.5, 0.6) is 0 Å². The number of aromatic amines is 1. The molecule has 4 rings (SSSR count). The lowest BCUT2D eigenvalue weighted by Gasteiger charge is -2.07. The van der Waals surface area contributed by atoms with Crippen LogP contribution in [-0.4, -0.2) is 15.5 Å². The van der Waals surface area contributed by atoms with Crippen molar-refractivity contribution in [1.29, 1.82) is 0 Å². The Bertz CT molecular complexity index is 983. The van der Waals surface area contributed by atoms with E-state index in [1.54, 1.807) is 0 Å². The van der Waals surface area contributed by atoms with Crippen LogP contribution >= 0.6 is 0 Å². The van der Waals surface area contributed by atoms with Crippen LogP contribution in [-0.2, 0) is 6.54 Å². The van der Waals surface area contributed by atoms with E-state index in [0.29, 0.717) is 12.1 Å². The largest absolute Gasteiger partial charge is 0.361 e. The first kappa shape index (κ1) is 14.3. The number of aromatic nitrogens is 2. The molecule has 2 aromatic heterocycles. The average Bonchev–Trinajstić information content (AvgIpc) is 3.30. The highest BCUT2D eigenvalue weighted by Crippen LogP contribution is 2.17. The van der Waals surface area contributed by atoms with E-state index in [1.165, 1.54) is 0 Å². The van der Waals surface area contributed by atoms with Crippen LogP contribution in [0, 0.1) is 0 Å². The van der Waals surface area contributed by atoms with Crippen LogP contribution in [0.3, 0.4) is 0 Å². The topological polar surface area (TPSA) is 49.8 Å². The van der Waals surface area contributed by atoms with Gasteiger partial charge in [0.25, 0.3) is 5.91 Å². The predicted octanol–water partition coefficient (Wildman–Crippen LogP) is 3.89.